The molecule has 0 fully saturated rings. The van der Waals surface area contributed by atoms with Crippen LogP contribution in [-0.4, -0.2) is 14.2 Å². The van der Waals surface area contributed by atoms with Crippen LogP contribution in [0.25, 0.3) is 0 Å². The standard InChI is InChI=1S/C15H14F3NO2/c1-20-10-3-9(4-11(5-10)21-2)8-19-15-7-13(17)12(16)6-14(15)18/h3-7,19H,8H2,1-2H3. The van der Waals surface area contributed by atoms with Gasteiger partial charge in [0.25, 0.3) is 0 Å². The summed E-state index contributed by atoms with van der Waals surface area (Å²) in [6.45, 7) is 0.204. The molecule has 112 valence electrons. The summed E-state index contributed by atoms with van der Waals surface area (Å²) in [6.07, 6.45) is 0. The molecule has 2 aromatic rings. The highest BCUT2D eigenvalue weighted by atomic mass is 19.2. The SMILES string of the molecule is COc1cc(CNc2cc(F)c(F)cc2F)cc(OC)c1. The third-order valence-electron chi connectivity index (χ3n) is 2.90. The molecule has 3 nitrogen and oxygen atoms in total. The normalized spacial score (nSPS) is 10.3. The van der Waals surface area contributed by atoms with E-state index in [1.165, 1.54) is 14.2 Å². The zero-order chi connectivity index (χ0) is 15.4. The summed E-state index contributed by atoms with van der Waals surface area (Å²) in [4.78, 5) is 0. The van der Waals surface area contributed by atoms with Gasteiger partial charge in [-0.15, -0.1) is 0 Å². The molecule has 0 aliphatic heterocycles. The Bertz CT molecular complexity index is 625. The highest BCUT2D eigenvalue weighted by Gasteiger charge is 2.10. The fraction of sp³-hybridized carbons (Fsp3) is 0.200. The van der Waals surface area contributed by atoms with Crippen molar-refractivity contribution < 1.29 is 22.6 Å². The molecular formula is C15H14F3NO2. The maximum Gasteiger partial charge on any atom is 0.161 e. The fourth-order valence-corrected chi connectivity index (χ4v) is 1.82. The van der Waals surface area contributed by atoms with Gasteiger partial charge < -0.3 is 14.8 Å². The molecule has 0 saturated carbocycles. The number of ether oxygens (including phenoxy) is 2. The zero-order valence-corrected chi connectivity index (χ0v) is 11.5. The van der Waals surface area contributed by atoms with Crippen LogP contribution in [0, 0.1) is 17.5 Å². The van der Waals surface area contributed by atoms with Crippen LogP contribution in [0.2, 0.25) is 0 Å². The van der Waals surface area contributed by atoms with Gasteiger partial charge in [-0.3, -0.25) is 0 Å². The molecule has 0 radical (unpaired) electrons. The molecule has 2 aromatic carbocycles. The number of rotatable bonds is 5. The van der Waals surface area contributed by atoms with Gasteiger partial charge in [0.1, 0.15) is 17.3 Å². The second-order valence-corrected chi connectivity index (χ2v) is 4.32. The fourth-order valence-electron chi connectivity index (χ4n) is 1.82. The number of methoxy groups -OCH3 is 2. The summed E-state index contributed by atoms with van der Waals surface area (Å²) >= 11 is 0. The van der Waals surface area contributed by atoms with Crippen LogP contribution in [0.5, 0.6) is 11.5 Å². The third-order valence-corrected chi connectivity index (χ3v) is 2.90. The maximum absolute atomic E-state index is 13.5. The van der Waals surface area contributed by atoms with Crippen molar-refractivity contribution in [2.75, 3.05) is 19.5 Å². The molecule has 1 N–H and O–H groups in total. The van der Waals surface area contributed by atoms with E-state index in [0.29, 0.717) is 17.6 Å². The van der Waals surface area contributed by atoms with E-state index in [9.17, 15) is 13.2 Å². The van der Waals surface area contributed by atoms with Crippen LogP contribution in [0.15, 0.2) is 30.3 Å². The number of anilines is 1. The van der Waals surface area contributed by atoms with Crippen molar-refractivity contribution in [2.24, 2.45) is 0 Å². The van der Waals surface area contributed by atoms with E-state index in [0.717, 1.165) is 11.6 Å². The predicted molar refractivity (Wildman–Crippen MR) is 73.2 cm³/mol. The van der Waals surface area contributed by atoms with E-state index in [2.05, 4.69) is 5.32 Å². The van der Waals surface area contributed by atoms with E-state index >= 15 is 0 Å². The molecule has 0 aliphatic carbocycles. The van der Waals surface area contributed by atoms with Crippen LogP contribution in [0.1, 0.15) is 5.56 Å². The van der Waals surface area contributed by atoms with Crippen LogP contribution in [0.4, 0.5) is 18.9 Å². The predicted octanol–water partition coefficient (Wildman–Crippen LogP) is 3.73. The number of halogens is 3. The van der Waals surface area contributed by atoms with Crippen LogP contribution in [-0.2, 0) is 6.54 Å². The molecule has 0 aromatic heterocycles. The van der Waals surface area contributed by atoms with Crippen molar-refractivity contribution in [3.8, 4) is 11.5 Å². The summed E-state index contributed by atoms with van der Waals surface area (Å²) in [7, 11) is 3.03. The Balaban J connectivity index is 2.18. The molecule has 0 aliphatic rings. The Kier molecular flexibility index (Phi) is 4.57. The minimum Gasteiger partial charge on any atom is -0.497 e. The van der Waals surface area contributed by atoms with Gasteiger partial charge in [-0.1, -0.05) is 0 Å². The van der Waals surface area contributed by atoms with Crippen molar-refractivity contribution in [3.05, 3.63) is 53.3 Å². The second-order valence-electron chi connectivity index (χ2n) is 4.32. The Morgan fingerprint density at radius 2 is 1.38 bits per heavy atom. The van der Waals surface area contributed by atoms with Gasteiger partial charge in [-0.2, -0.15) is 0 Å². The van der Waals surface area contributed by atoms with Crippen molar-refractivity contribution >= 4 is 5.69 Å². The number of benzene rings is 2. The molecule has 0 heterocycles. The molecule has 2 rings (SSSR count). The van der Waals surface area contributed by atoms with E-state index in [1.54, 1.807) is 18.2 Å². The summed E-state index contributed by atoms with van der Waals surface area (Å²) in [5.41, 5.74) is 0.631. The lowest BCUT2D eigenvalue weighted by molar-refractivity contribution is 0.393. The summed E-state index contributed by atoms with van der Waals surface area (Å²) in [5.74, 6) is -2.03. The van der Waals surface area contributed by atoms with Gasteiger partial charge in [0.15, 0.2) is 11.6 Å². The van der Waals surface area contributed by atoms with E-state index < -0.39 is 17.5 Å². The van der Waals surface area contributed by atoms with Crippen LogP contribution >= 0.6 is 0 Å². The molecule has 21 heavy (non-hydrogen) atoms. The van der Waals surface area contributed by atoms with Crippen molar-refractivity contribution in [1.29, 1.82) is 0 Å². The van der Waals surface area contributed by atoms with Crippen molar-refractivity contribution in [3.63, 3.8) is 0 Å². The van der Waals surface area contributed by atoms with Gasteiger partial charge in [0.2, 0.25) is 0 Å². The Morgan fingerprint density at radius 1 is 0.810 bits per heavy atom. The second kappa shape index (κ2) is 6.39. The maximum atomic E-state index is 13.5. The van der Waals surface area contributed by atoms with Crippen molar-refractivity contribution in [1.82, 2.24) is 0 Å². The summed E-state index contributed by atoms with van der Waals surface area (Å²) in [6, 6.07) is 6.44. The highest BCUT2D eigenvalue weighted by molar-refractivity contribution is 5.47. The molecular weight excluding hydrogens is 283 g/mol. The largest absolute Gasteiger partial charge is 0.497 e. The number of nitrogens with one attached hydrogen (secondary N) is 1. The lowest BCUT2D eigenvalue weighted by Gasteiger charge is -2.11. The van der Waals surface area contributed by atoms with Gasteiger partial charge in [-0.25, -0.2) is 13.2 Å². The Hall–Kier alpha value is -2.37. The monoisotopic (exact) mass is 297 g/mol. The molecule has 6 heteroatoms. The molecule has 0 saturated heterocycles. The third kappa shape index (κ3) is 3.59. The smallest absolute Gasteiger partial charge is 0.161 e. The highest BCUT2D eigenvalue weighted by Crippen LogP contribution is 2.24. The lowest BCUT2D eigenvalue weighted by Crippen LogP contribution is -2.03. The van der Waals surface area contributed by atoms with E-state index in [-0.39, 0.29) is 12.2 Å². The first kappa shape index (κ1) is 15.0. The molecule has 0 atom stereocenters. The molecule has 0 amide bonds. The van der Waals surface area contributed by atoms with Crippen LogP contribution < -0.4 is 14.8 Å². The van der Waals surface area contributed by atoms with Crippen LogP contribution in [0.3, 0.4) is 0 Å². The molecule has 0 unspecified atom stereocenters. The summed E-state index contributed by atoms with van der Waals surface area (Å²) < 4.78 is 49.7. The zero-order valence-electron chi connectivity index (χ0n) is 11.5. The summed E-state index contributed by atoms with van der Waals surface area (Å²) in [5, 5.41) is 2.71. The van der Waals surface area contributed by atoms with Gasteiger partial charge in [-0.05, 0) is 17.7 Å². The van der Waals surface area contributed by atoms with Gasteiger partial charge in [0.05, 0.1) is 19.9 Å². The van der Waals surface area contributed by atoms with E-state index in [4.69, 9.17) is 9.47 Å². The Morgan fingerprint density at radius 3 is 1.95 bits per heavy atom. The first-order valence-electron chi connectivity index (χ1n) is 6.14. The number of hydrogen-bond donors (Lipinski definition) is 1. The minimum atomic E-state index is -1.22. The first-order valence-corrected chi connectivity index (χ1v) is 6.14. The minimum absolute atomic E-state index is 0.115. The average Bonchev–Trinajstić information content (AvgIpc) is 2.49. The van der Waals surface area contributed by atoms with E-state index in [1.807, 2.05) is 0 Å². The topological polar surface area (TPSA) is 30.5 Å². The first-order chi connectivity index (χ1) is 10.0. The Labute approximate surface area is 120 Å². The molecule has 0 bridgehead atoms. The lowest BCUT2D eigenvalue weighted by atomic mass is 10.2. The molecule has 0 spiro atoms. The van der Waals surface area contributed by atoms with Gasteiger partial charge in [0, 0.05) is 24.7 Å². The quantitative estimate of drug-likeness (QED) is 0.853. The van der Waals surface area contributed by atoms with Gasteiger partial charge >= 0.3 is 0 Å². The van der Waals surface area contributed by atoms with Crippen molar-refractivity contribution in [2.45, 2.75) is 6.54 Å². The number of hydrogen-bond acceptors (Lipinski definition) is 3. The average molecular weight is 297 g/mol.